The Morgan fingerprint density at radius 3 is 2.69 bits per heavy atom. The maximum absolute atomic E-state index is 14.0. The third-order valence-corrected chi connectivity index (χ3v) is 5.15. The molecule has 1 amide bonds. The minimum absolute atomic E-state index is 0.149. The third kappa shape index (κ3) is 3.10. The lowest BCUT2D eigenvalue weighted by molar-refractivity contribution is -0.117. The molecule has 0 N–H and O–H groups in total. The number of anilines is 1. The number of para-hydroxylation sites is 1. The smallest absolute Gasteiger partial charge is 0.232 e. The van der Waals surface area contributed by atoms with Crippen LogP contribution in [0, 0.1) is 5.82 Å². The second kappa shape index (κ2) is 6.92. The first-order chi connectivity index (χ1) is 12.7. The molecule has 1 aromatic heterocycles. The maximum Gasteiger partial charge on any atom is 0.232 e. The lowest BCUT2D eigenvalue weighted by atomic mass is 10.1. The molecule has 4 rings (SSSR count). The number of carbonyl (C=O) groups is 1. The molecule has 0 spiro atoms. The van der Waals surface area contributed by atoms with Gasteiger partial charge in [0.25, 0.3) is 0 Å². The predicted molar refractivity (Wildman–Crippen MR) is 97.6 cm³/mol. The van der Waals surface area contributed by atoms with E-state index in [-0.39, 0.29) is 23.9 Å². The minimum atomic E-state index is -0.415. The molecule has 1 saturated heterocycles. The van der Waals surface area contributed by atoms with Crippen molar-refractivity contribution in [3.8, 4) is 11.4 Å². The average Bonchev–Trinajstić information content (AvgIpc) is 3.29. The number of benzene rings is 2. The van der Waals surface area contributed by atoms with Gasteiger partial charge in [0.05, 0.1) is 11.6 Å². The van der Waals surface area contributed by atoms with Crippen molar-refractivity contribution in [3.05, 3.63) is 60.2 Å². The van der Waals surface area contributed by atoms with Gasteiger partial charge >= 0.3 is 0 Å². The summed E-state index contributed by atoms with van der Waals surface area (Å²) in [5.74, 6) is 0.0881. The van der Waals surface area contributed by atoms with E-state index in [0.717, 1.165) is 10.5 Å². The molecule has 0 radical (unpaired) electrons. The van der Waals surface area contributed by atoms with Crippen LogP contribution in [0.4, 0.5) is 10.1 Å². The van der Waals surface area contributed by atoms with E-state index in [0.29, 0.717) is 18.3 Å². The van der Waals surface area contributed by atoms with Crippen molar-refractivity contribution < 1.29 is 13.7 Å². The lowest BCUT2D eigenvalue weighted by Crippen LogP contribution is -2.25. The number of thioether (sulfide) groups is 1. The number of aromatic nitrogens is 2. The van der Waals surface area contributed by atoms with Gasteiger partial charge in [-0.2, -0.15) is 4.98 Å². The molecule has 7 heteroatoms. The largest absolute Gasteiger partial charge is 0.339 e. The van der Waals surface area contributed by atoms with Gasteiger partial charge in [-0.3, -0.25) is 4.79 Å². The highest BCUT2D eigenvalue weighted by molar-refractivity contribution is 7.98. The van der Waals surface area contributed by atoms with E-state index in [4.69, 9.17) is 4.52 Å². The Morgan fingerprint density at radius 1 is 1.19 bits per heavy atom. The zero-order valence-corrected chi connectivity index (χ0v) is 14.9. The Kier molecular flexibility index (Phi) is 4.46. The molecule has 0 aliphatic carbocycles. The van der Waals surface area contributed by atoms with Gasteiger partial charge in [-0.05, 0) is 42.7 Å². The van der Waals surface area contributed by atoms with Crippen molar-refractivity contribution in [2.45, 2.75) is 17.2 Å². The van der Waals surface area contributed by atoms with Crippen LogP contribution >= 0.6 is 11.8 Å². The summed E-state index contributed by atoms with van der Waals surface area (Å²) in [6.45, 7) is 0.326. The quantitative estimate of drug-likeness (QED) is 0.648. The summed E-state index contributed by atoms with van der Waals surface area (Å²) in [4.78, 5) is 19.4. The summed E-state index contributed by atoms with van der Waals surface area (Å²) >= 11 is 1.66. The fourth-order valence-electron chi connectivity index (χ4n) is 3.03. The van der Waals surface area contributed by atoms with Gasteiger partial charge in [0.2, 0.25) is 17.6 Å². The third-order valence-electron chi connectivity index (χ3n) is 4.41. The Hall–Kier alpha value is -2.67. The highest BCUT2D eigenvalue weighted by Crippen LogP contribution is 2.33. The Balaban J connectivity index is 1.55. The van der Waals surface area contributed by atoms with Gasteiger partial charge in [0.15, 0.2) is 0 Å². The molecule has 1 aliphatic rings. The van der Waals surface area contributed by atoms with Crippen LogP contribution in [0.1, 0.15) is 18.2 Å². The average molecular weight is 369 g/mol. The Morgan fingerprint density at radius 2 is 1.96 bits per heavy atom. The summed E-state index contributed by atoms with van der Waals surface area (Å²) in [5, 5.41) is 4.03. The van der Waals surface area contributed by atoms with E-state index in [9.17, 15) is 9.18 Å². The van der Waals surface area contributed by atoms with Crippen LogP contribution in [0.25, 0.3) is 11.4 Å². The molecule has 0 saturated carbocycles. The molecule has 132 valence electrons. The second-order valence-electron chi connectivity index (χ2n) is 6.04. The van der Waals surface area contributed by atoms with Gasteiger partial charge in [0.1, 0.15) is 5.82 Å². The highest BCUT2D eigenvalue weighted by atomic mass is 32.2. The van der Waals surface area contributed by atoms with E-state index in [1.807, 2.05) is 30.5 Å². The maximum atomic E-state index is 14.0. The second-order valence-corrected chi connectivity index (χ2v) is 6.92. The first kappa shape index (κ1) is 16.8. The molecule has 0 bridgehead atoms. The van der Waals surface area contributed by atoms with E-state index in [1.165, 1.54) is 11.0 Å². The SMILES string of the molecule is CSc1ccc(-c2noc(C3CC(=O)N(c4ccccc4F)C3)n2)cc1. The summed E-state index contributed by atoms with van der Waals surface area (Å²) in [6.07, 6.45) is 2.24. The van der Waals surface area contributed by atoms with Crippen molar-refractivity contribution in [1.29, 1.82) is 0 Å². The molecule has 1 unspecified atom stereocenters. The Bertz CT molecular complexity index is 942. The van der Waals surface area contributed by atoms with Crippen molar-refractivity contribution in [2.24, 2.45) is 0 Å². The molecule has 5 nitrogen and oxygen atoms in total. The minimum Gasteiger partial charge on any atom is -0.339 e. The van der Waals surface area contributed by atoms with E-state index in [1.54, 1.807) is 30.0 Å². The zero-order valence-electron chi connectivity index (χ0n) is 14.1. The molecular formula is C19H16FN3O2S. The van der Waals surface area contributed by atoms with Crippen LogP contribution in [0.15, 0.2) is 57.9 Å². The van der Waals surface area contributed by atoms with Crippen LogP contribution in [-0.4, -0.2) is 28.8 Å². The van der Waals surface area contributed by atoms with Crippen molar-refractivity contribution in [3.63, 3.8) is 0 Å². The molecular weight excluding hydrogens is 353 g/mol. The van der Waals surface area contributed by atoms with Crippen LogP contribution in [0.2, 0.25) is 0 Å². The number of rotatable bonds is 4. The molecule has 26 heavy (non-hydrogen) atoms. The number of carbonyl (C=O) groups excluding carboxylic acids is 1. The number of hydrogen-bond acceptors (Lipinski definition) is 5. The van der Waals surface area contributed by atoms with Crippen LogP contribution < -0.4 is 4.90 Å². The lowest BCUT2D eigenvalue weighted by Gasteiger charge is -2.16. The normalized spacial score (nSPS) is 17.1. The highest BCUT2D eigenvalue weighted by Gasteiger charge is 2.36. The van der Waals surface area contributed by atoms with Crippen LogP contribution in [0.3, 0.4) is 0 Å². The van der Waals surface area contributed by atoms with Gasteiger partial charge in [-0.15, -0.1) is 11.8 Å². The van der Waals surface area contributed by atoms with E-state index < -0.39 is 5.82 Å². The number of hydrogen-bond donors (Lipinski definition) is 0. The summed E-state index contributed by atoms with van der Waals surface area (Å²) in [7, 11) is 0. The Labute approximate surface area is 154 Å². The van der Waals surface area contributed by atoms with Crippen LogP contribution in [0.5, 0.6) is 0 Å². The summed E-state index contributed by atoms with van der Waals surface area (Å²) < 4.78 is 19.4. The first-order valence-corrected chi connectivity index (χ1v) is 9.41. The standard InChI is InChI=1S/C19H16FN3O2S/c1-26-14-8-6-12(7-9-14)18-21-19(25-22-18)13-10-17(24)23(11-13)16-5-3-2-4-15(16)20/h2-9,13H,10-11H2,1H3. The van der Waals surface area contributed by atoms with Gasteiger partial charge in [-0.1, -0.05) is 17.3 Å². The molecule has 3 aromatic rings. The predicted octanol–water partition coefficient (Wildman–Crippen LogP) is 4.12. The fraction of sp³-hybridized carbons (Fsp3) is 0.211. The molecule has 2 heterocycles. The van der Waals surface area contributed by atoms with Crippen molar-refractivity contribution in [2.75, 3.05) is 17.7 Å². The molecule has 1 aliphatic heterocycles. The summed E-state index contributed by atoms with van der Waals surface area (Å²) in [6, 6.07) is 14.1. The molecule has 2 aromatic carbocycles. The van der Waals surface area contributed by atoms with Gasteiger partial charge in [-0.25, -0.2) is 4.39 Å². The van der Waals surface area contributed by atoms with Crippen molar-refractivity contribution in [1.82, 2.24) is 10.1 Å². The monoisotopic (exact) mass is 369 g/mol. The zero-order chi connectivity index (χ0) is 18.1. The van der Waals surface area contributed by atoms with E-state index >= 15 is 0 Å². The molecule has 1 atom stereocenters. The topological polar surface area (TPSA) is 59.2 Å². The molecule has 1 fully saturated rings. The fourth-order valence-corrected chi connectivity index (χ4v) is 3.44. The number of nitrogens with zero attached hydrogens (tertiary/aromatic N) is 3. The first-order valence-electron chi connectivity index (χ1n) is 8.18. The van der Waals surface area contributed by atoms with Gasteiger partial charge < -0.3 is 9.42 Å². The summed E-state index contributed by atoms with van der Waals surface area (Å²) in [5.41, 5.74) is 1.14. The van der Waals surface area contributed by atoms with Crippen molar-refractivity contribution >= 4 is 23.4 Å². The van der Waals surface area contributed by atoms with Crippen LogP contribution in [-0.2, 0) is 4.79 Å². The number of amides is 1. The van der Waals surface area contributed by atoms with Gasteiger partial charge in [0, 0.05) is 23.4 Å². The number of halogens is 1. The van der Waals surface area contributed by atoms with E-state index in [2.05, 4.69) is 10.1 Å².